The Morgan fingerprint density at radius 3 is 2.72 bits per heavy atom. The van der Waals surface area contributed by atoms with E-state index in [0.717, 1.165) is 0 Å². The van der Waals surface area contributed by atoms with Crippen LogP contribution in [0.5, 0.6) is 0 Å². The number of esters is 1. The number of rotatable bonds is 4. The maximum absolute atomic E-state index is 11.3. The van der Waals surface area contributed by atoms with E-state index in [1.807, 2.05) is 0 Å². The Kier molecular flexibility index (Phi) is 4.53. The average Bonchev–Trinajstić information content (AvgIpc) is 2.59. The number of carbonyl (C=O) groups excluding carboxylic acids is 2. The first-order valence-corrected chi connectivity index (χ1v) is 5.78. The third kappa shape index (κ3) is 3.91. The zero-order chi connectivity index (χ0) is 13.8. The molecule has 5 nitrogen and oxygen atoms in total. The Balaban J connectivity index is 2.50. The monoisotopic (exact) mass is 254 g/mol. The number of hydrogen-bond acceptors (Lipinski definition) is 5. The third-order valence-electron chi connectivity index (χ3n) is 2.46. The minimum Gasteiger partial charge on any atom is -0.455 e. The summed E-state index contributed by atoms with van der Waals surface area (Å²) in [7, 11) is 0. The molecule has 1 rings (SSSR count). The summed E-state index contributed by atoms with van der Waals surface area (Å²) in [6.45, 7) is 8.77. The SMILES string of the molecule is C=C(C)C(=O)OC1C=CC(C)(OC(=O)OCC)C1. The smallest absolute Gasteiger partial charge is 0.455 e. The summed E-state index contributed by atoms with van der Waals surface area (Å²) in [6, 6.07) is 0. The highest BCUT2D eigenvalue weighted by atomic mass is 16.7. The lowest BCUT2D eigenvalue weighted by Gasteiger charge is -2.23. The van der Waals surface area contributed by atoms with Crippen molar-refractivity contribution in [3.05, 3.63) is 24.3 Å². The van der Waals surface area contributed by atoms with Gasteiger partial charge in [-0.05, 0) is 32.9 Å². The molecule has 18 heavy (non-hydrogen) atoms. The molecule has 0 aromatic heterocycles. The standard InChI is InChI=1S/C13H18O5/c1-5-16-12(15)18-13(4)7-6-10(8-13)17-11(14)9(2)3/h6-7,10H,2,5,8H2,1,3-4H3. The van der Waals surface area contributed by atoms with Crippen molar-refractivity contribution < 1.29 is 23.8 Å². The Hall–Kier alpha value is -1.78. The molecule has 0 bridgehead atoms. The Bertz CT molecular complexity index is 385. The molecule has 0 aliphatic heterocycles. The van der Waals surface area contributed by atoms with Gasteiger partial charge in [-0.3, -0.25) is 0 Å². The van der Waals surface area contributed by atoms with E-state index >= 15 is 0 Å². The van der Waals surface area contributed by atoms with E-state index in [-0.39, 0.29) is 6.61 Å². The van der Waals surface area contributed by atoms with Gasteiger partial charge in [0.1, 0.15) is 11.7 Å². The van der Waals surface area contributed by atoms with Gasteiger partial charge in [-0.2, -0.15) is 0 Å². The van der Waals surface area contributed by atoms with Crippen LogP contribution in [0.3, 0.4) is 0 Å². The minimum atomic E-state index is -0.799. The second-order valence-electron chi connectivity index (χ2n) is 4.39. The second kappa shape index (κ2) is 5.71. The fourth-order valence-corrected chi connectivity index (χ4v) is 1.58. The summed E-state index contributed by atoms with van der Waals surface area (Å²) < 4.78 is 15.0. The van der Waals surface area contributed by atoms with E-state index in [4.69, 9.17) is 14.2 Å². The Morgan fingerprint density at radius 1 is 1.50 bits per heavy atom. The highest BCUT2D eigenvalue weighted by Crippen LogP contribution is 2.29. The van der Waals surface area contributed by atoms with Gasteiger partial charge in [0.2, 0.25) is 0 Å². The predicted octanol–water partition coefficient (Wildman–Crippen LogP) is 2.37. The molecule has 2 unspecified atom stereocenters. The summed E-state index contributed by atoms with van der Waals surface area (Å²) in [5.74, 6) is -0.454. The molecule has 0 spiro atoms. The van der Waals surface area contributed by atoms with Gasteiger partial charge in [0.25, 0.3) is 0 Å². The van der Waals surface area contributed by atoms with Gasteiger partial charge in [0.05, 0.1) is 6.61 Å². The van der Waals surface area contributed by atoms with Crippen LogP contribution in [0.4, 0.5) is 4.79 Å². The number of ether oxygens (including phenoxy) is 3. The van der Waals surface area contributed by atoms with Crippen LogP contribution in [0.25, 0.3) is 0 Å². The Morgan fingerprint density at radius 2 is 2.17 bits per heavy atom. The molecule has 0 aromatic carbocycles. The molecule has 0 N–H and O–H groups in total. The fourth-order valence-electron chi connectivity index (χ4n) is 1.58. The average molecular weight is 254 g/mol. The van der Waals surface area contributed by atoms with Crippen molar-refractivity contribution in [2.75, 3.05) is 6.61 Å². The van der Waals surface area contributed by atoms with E-state index in [1.54, 1.807) is 32.9 Å². The van der Waals surface area contributed by atoms with Crippen molar-refractivity contribution in [1.29, 1.82) is 0 Å². The van der Waals surface area contributed by atoms with E-state index < -0.39 is 23.8 Å². The van der Waals surface area contributed by atoms with Crippen molar-refractivity contribution in [1.82, 2.24) is 0 Å². The van der Waals surface area contributed by atoms with Crippen LogP contribution in [-0.2, 0) is 19.0 Å². The zero-order valence-corrected chi connectivity index (χ0v) is 10.9. The first kappa shape index (κ1) is 14.3. The molecule has 0 radical (unpaired) electrons. The maximum atomic E-state index is 11.3. The van der Waals surface area contributed by atoms with Crippen LogP contribution in [0.15, 0.2) is 24.3 Å². The van der Waals surface area contributed by atoms with Crippen LogP contribution in [-0.4, -0.2) is 30.4 Å². The van der Waals surface area contributed by atoms with Crippen LogP contribution in [0, 0.1) is 0 Å². The molecule has 100 valence electrons. The maximum Gasteiger partial charge on any atom is 0.509 e. The van der Waals surface area contributed by atoms with Crippen LogP contribution >= 0.6 is 0 Å². The molecule has 0 saturated carbocycles. The van der Waals surface area contributed by atoms with Crippen LogP contribution < -0.4 is 0 Å². The van der Waals surface area contributed by atoms with E-state index in [9.17, 15) is 9.59 Å². The largest absolute Gasteiger partial charge is 0.509 e. The zero-order valence-electron chi connectivity index (χ0n) is 10.9. The fraction of sp³-hybridized carbons (Fsp3) is 0.538. The number of carbonyl (C=O) groups is 2. The Labute approximate surface area is 106 Å². The quantitative estimate of drug-likeness (QED) is 0.438. The molecule has 2 atom stereocenters. The van der Waals surface area contributed by atoms with E-state index in [2.05, 4.69) is 6.58 Å². The van der Waals surface area contributed by atoms with Crippen molar-refractivity contribution in [2.45, 2.75) is 38.9 Å². The molecule has 0 heterocycles. The molecule has 0 fully saturated rings. The summed E-state index contributed by atoms with van der Waals surface area (Å²) in [5.41, 5.74) is -0.463. The van der Waals surface area contributed by atoms with Gasteiger partial charge >= 0.3 is 12.1 Å². The molecule has 5 heteroatoms. The van der Waals surface area contributed by atoms with Crippen molar-refractivity contribution in [2.24, 2.45) is 0 Å². The highest BCUT2D eigenvalue weighted by Gasteiger charge is 2.36. The van der Waals surface area contributed by atoms with Gasteiger partial charge in [-0.15, -0.1) is 0 Å². The summed E-state index contributed by atoms with van der Waals surface area (Å²) in [4.78, 5) is 22.6. The normalized spacial score (nSPS) is 25.6. The van der Waals surface area contributed by atoms with Crippen LogP contribution in [0.1, 0.15) is 27.2 Å². The lowest BCUT2D eigenvalue weighted by Crippen LogP contribution is -2.30. The first-order chi connectivity index (χ1) is 8.36. The van der Waals surface area contributed by atoms with Crippen molar-refractivity contribution >= 4 is 12.1 Å². The highest BCUT2D eigenvalue weighted by molar-refractivity contribution is 5.87. The van der Waals surface area contributed by atoms with Crippen molar-refractivity contribution in [3.8, 4) is 0 Å². The van der Waals surface area contributed by atoms with Crippen LogP contribution in [0.2, 0.25) is 0 Å². The topological polar surface area (TPSA) is 61.8 Å². The molecular formula is C13H18O5. The van der Waals surface area contributed by atoms with Gasteiger partial charge in [0.15, 0.2) is 0 Å². The third-order valence-corrected chi connectivity index (χ3v) is 2.46. The van der Waals surface area contributed by atoms with Gasteiger partial charge < -0.3 is 14.2 Å². The first-order valence-electron chi connectivity index (χ1n) is 5.78. The number of hydrogen-bond donors (Lipinski definition) is 0. The van der Waals surface area contributed by atoms with E-state index in [0.29, 0.717) is 12.0 Å². The second-order valence-corrected chi connectivity index (χ2v) is 4.39. The predicted molar refractivity (Wildman–Crippen MR) is 65.0 cm³/mol. The van der Waals surface area contributed by atoms with Gasteiger partial charge in [-0.25, -0.2) is 9.59 Å². The van der Waals surface area contributed by atoms with Gasteiger partial charge in [0, 0.05) is 12.0 Å². The lowest BCUT2D eigenvalue weighted by molar-refractivity contribution is -0.143. The molecule has 0 aromatic rings. The molecule has 1 aliphatic carbocycles. The lowest BCUT2D eigenvalue weighted by atomic mass is 10.1. The molecular weight excluding hydrogens is 236 g/mol. The summed E-state index contributed by atoms with van der Waals surface area (Å²) in [6.07, 6.45) is 2.63. The van der Waals surface area contributed by atoms with E-state index in [1.165, 1.54) is 0 Å². The van der Waals surface area contributed by atoms with Crippen molar-refractivity contribution in [3.63, 3.8) is 0 Å². The molecule has 0 saturated heterocycles. The molecule has 0 amide bonds. The summed E-state index contributed by atoms with van der Waals surface area (Å²) in [5, 5.41) is 0. The summed E-state index contributed by atoms with van der Waals surface area (Å²) >= 11 is 0. The minimum absolute atomic E-state index is 0.257. The molecule has 1 aliphatic rings. The van der Waals surface area contributed by atoms with Gasteiger partial charge in [-0.1, -0.05) is 6.58 Å².